The van der Waals surface area contributed by atoms with E-state index in [0.717, 1.165) is 6.26 Å². The highest BCUT2D eigenvalue weighted by Crippen LogP contribution is 2.45. The molecule has 0 radical (unpaired) electrons. The molecule has 0 aromatic carbocycles. The van der Waals surface area contributed by atoms with Gasteiger partial charge in [0.05, 0.1) is 38.1 Å². The molecule has 11 nitrogen and oxygen atoms in total. The van der Waals surface area contributed by atoms with Crippen molar-refractivity contribution in [2.75, 3.05) is 20.3 Å². The van der Waals surface area contributed by atoms with E-state index in [2.05, 4.69) is 0 Å². The predicted octanol–water partition coefficient (Wildman–Crippen LogP) is -3.26. The van der Waals surface area contributed by atoms with Gasteiger partial charge in [-0.05, 0) is 0 Å². The Bertz CT molecular complexity index is 647. The fourth-order valence-electron chi connectivity index (χ4n) is 3.71. The van der Waals surface area contributed by atoms with Crippen LogP contribution in [0.25, 0.3) is 0 Å². The fraction of sp³-hybridized carbons (Fsp3) is 0.706. The van der Waals surface area contributed by atoms with E-state index >= 15 is 0 Å². The lowest BCUT2D eigenvalue weighted by molar-refractivity contribution is -0.346. The molecule has 0 aromatic rings. The molecule has 0 spiro atoms. The number of hydrogen-bond donors (Lipinski definition) is 6. The lowest BCUT2D eigenvalue weighted by Gasteiger charge is -2.44. The average molecular weight is 404 g/mol. The van der Waals surface area contributed by atoms with Gasteiger partial charge in [0.25, 0.3) is 0 Å². The summed E-state index contributed by atoms with van der Waals surface area (Å²) < 4.78 is 21.0. The monoisotopic (exact) mass is 404 g/mol. The first kappa shape index (κ1) is 21.1. The Morgan fingerprint density at radius 3 is 2.50 bits per heavy atom. The van der Waals surface area contributed by atoms with Gasteiger partial charge in [-0.2, -0.15) is 0 Å². The first-order valence-corrected chi connectivity index (χ1v) is 8.69. The number of methoxy groups -OCH3 is 1. The summed E-state index contributed by atoms with van der Waals surface area (Å²) in [6.07, 6.45) is -4.99. The molecule has 3 aliphatic rings. The van der Waals surface area contributed by atoms with Gasteiger partial charge in [0, 0.05) is 5.92 Å². The number of esters is 1. The Hall–Kier alpha value is -1.57. The normalized spacial score (nSPS) is 45.2. The zero-order valence-corrected chi connectivity index (χ0v) is 15.0. The molecular weight excluding hydrogens is 380 g/mol. The minimum absolute atomic E-state index is 0.0989. The van der Waals surface area contributed by atoms with Crippen molar-refractivity contribution < 1.29 is 54.4 Å². The van der Waals surface area contributed by atoms with Crippen molar-refractivity contribution in [1.29, 1.82) is 0 Å². The maximum absolute atomic E-state index is 12.0. The molecule has 9 atom stereocenters. The number of carbonyl (C=O) groups is 1. The lowest BCUT2D eigenvalue weighted by Crippen LogP contribution is -2.61. The van der Waals surface area contributed by atoms with Crippen LogP contribution in [0.15, 0.2) is 24.0 Å². The van der Waals surface area contributed by atoms with Gasteiger partial charge >= 0.3 is 5.97 Å². The number of aliphatic hydroxyl groups is 6. The van der Waals surface area contributed by atoms with Crippen molar-refractivity contribution in [2.45, 2.75) is 42.6 Å². The van der Waals surface area contributed by atoms with E-state index < -0.39 is 73.6 Å². The summed E-state index contributed by atoms with van der Waals surface area (Å²) in [6.45, 7) is -1.34. The Morgan fingerprint density at radius 2 is 1.89 bits per heavy atom. The number of rotatable bonds is 5. The smallest absolute Gasteiger partial charge is 0.337 e. The Balaban J connectivity index is 1.85. The number of fused-ring (bicyclic) bond motifs is 1. The van der Waals surface area contributed by atoms with E-state index in [4.69, 9.17) is 18.9 Å². The summed E-state index contributed by atoms with van der Waals surface area (Å²) in [5.41, 5.74) is -1.70. The molecule has 0 aromatic heterocycles. The quantitative estimate of drug-likeness (QED) is 0.200. The van der Waals surface area contributed by atoms with Crippen LogP contribution in [0.1, 0.15) is 0 Å². The molecule has 6 unspecified atom stereocenters. The molecular formula is C17H24O11. The van der Waals surface area contributed by atoms with Crippen LogP contribution in [-0.4, -0.2) is 99.5 Å². The standard InChI is InChI=1S/C17H24O11/c1-25-14(23)8-5-26-15(10-7(8)2-3-17(10,24)6-19)28-16-13(22)12(21)11(20)9(4-18)27-16/h2-3,5,7,9-13,15-16,18-22,24H,4,6H2,1H3/t7-,9?,10-,11?,12?,13?,15?,16?,17-/m1/s1. The van der Waals surface area contributed by atoms with Crippen molar-refractivity contribution in [1.82, 2.24) is 0 Å². The van der Waals surface area contributed by atoms with E-state index in [9.17, 15) is 35.4 Å². The molecule has 0 bridgehead atoms. The van der Waals surface area contributed by atoms with Gasteiger partial charge in [-0.1, -0.05) is 12.2 Å². The molecule has 3 rings (SSSR count). The maximum atomic E-state index is 12.0. The third-order valence-electron chi connectivity index (χ3n) is 5.33. The second-order valence-electron chi connectivity index (χ2n) is 6.96. The average Bonchev–Trinajstić information content (AvgIpc) is 3.06. The number of hydrogen-bond acceptors (Lipinski definition) is 11. The van der Waals surface area contributed by atoms with Gasteiger partial charge in [-0.15, -0.1) is 0 Å². The van der Waals surface area contributed by atoms with Crippen LogP contribution in [0.3, 0.4) is 0 Å². The number of allylic oxidation sites excluding steroid dienone is 1. The number of ether oxygens (including phenoxy) is 4. The Morgan fingerprint density at radius 1 is 1.18 bits per heavy atom. The van der Waals surface area contributed by atoms with Crippen molar-refractivity contribution in [3.63, 3.8) is 0 Å². The molecule has 158 valence electrons. The summed E-state index contributed by atoms with van der Waals surface area (Å²) in [4.78, 5) is 12.0. The van der Waals surface area contributed by atoms with E-state index in [1.54, 1.807) is 0 Å². The van der Waals surface area contributed by atoms with Crippen LogP contribution >= 0.6 is 0 Å². The molecule has 1 aliphatic carbocycles. The second kappa shape index (κ2) is 8.05. The maximum Gasteiger partial charge on any atom is 0.337 e. The summed E-state index contributed by atoms with van der Waals surface area (Å²) >= 11 is 0. The SMILES string of the molecule is COC(=O)C1=COC(OC2OC(CO)C(O)C(O)C2O)[C@H]2[C@@H]1C=C[C@@]2(O)CO. The largest absolute Gasteiger partial charge is 0.471 e. The second-order valence-corrected chi connectivity index (χ2v) is 6.96. The van der Waals surface area contributed by atoms with Gasteiger partial charge in [-0.3, -0.25) is 0 Å². The van der Waals surface area contributed by atoms with Gasteiger partial charge in [0.2, 0.25) is 6.29 Å². The number of aliphatic hydroxyl groups excluding tert-OH is 5. The lowest BCUT2D eigenvalue weighted by atomic mass is 9.79. The minimum Gasteiger partial charge on any atom is -0.471 e. The van der Waals surface area contributed by atoms with Crippen LogP contribution in [0.4, 0.5) is 0 Å². The highest BCUT2D eigenvalue weighted by molar-refractivity contribution is 5.89. The van der Waals surface area contributed by atoms with Crippen molar-refractivity contribution >= 4 is 5.97 Å². The molecule has 2 heterocycles. The molecule has 6 N–H and O–H groups in total. The van der Waals surface area contributed by atoms with Crippen LogP contribution < -0.4 is 0 Å². The fourth-order valence-corrected chi connectivity index (χ4v) is 3.71. The van der Waals surface area contributed by atoms with E-state index in [1.165, 1.54) is 19.3 Å². The molecule has 28 heavy (non-hydrogen) atoms. The minimum atomic E-state index is -1.79. The summed E-state index contributed by atoms with van der Waals surface area (Å²) in [5, 5.41) is 59.5. The Kier molecular flexibility index (Phi) is 6.08. The molecule has 1 saturated heterocycles. The number of carbonyl (C=O) groups excluding carboxylic acids is 1. The van der Waals surface area contributed by atoms with Gasteiger partial charge in [0.15, 0.2) is 6.29 Å². The topological polar surface area (TPSA) is 175 Å². The van der Waals surface area contributed by atoms with Crippen LogP contribution in [0.2, 0.25) is 0 Å². The first-order valence-electron chi connectivity index (χ1n) is 8.69. The molecule has 1 fully saturated rings. The van der Waals surface area contributed by atoms with E-state index in [-0.39, 0.29) is 5.57 Å². The summed E-state index contributed by atoms with van der Waals surface area (Å²) in [5.74, 6) is -2.40. The summed E-state index contributed by atoms with van der Waals surface area (Å²) in [7, 11) is 1.19. The predicted molar refractivity (Wildman–Crippen MR) is 88.0 cm³/mol. The van der Waals surface area contributed by atoms with Crippen molar-refractivity contribution in [3.05, 3.63) is 24.0 Å². The highest BCUT2D eigenvalue weighted by atomic mass is 16.8. The van der Waals surface area contributed by atoms with Gasteiger partial charge in [-0.25, -0.2) is 4.79 Å². The van der Waals surface area contributed by atoms with Gasteiger partial charge < -0.3 is 49.6 Å². The van der Waals surface area contributed by atoms with Crippen LogP contribution in [0.5, 0.6) is 0 Å². The van der Waals surface area contributed by atoms with Gasteiger partial charge in [0.1, 0.15) is 30.0 Å². The zero-order chi connectivity index (χ0) is 20.6. The molecule has 0 saturated carbocycles. The highest BCUT2D eigenvalue weighted by Gasteiger charge is 2.55. The van der Waals surface area contributed by atoms with Crippen molar-refractivity contribution in [3.8, 4) is 0 Å². The molecule has 2 aliphatic heterocycles. The summed E-state index contributed by atoms with van der Waals surface area (Å²) in [6, 6.07) is 0. The third kappa shape index (κ3) is 3.44. The van der Waals surface area contributed by atoms with Crippen molar-refractivity contribution in [2.24, 2.45) is 11.8 Å². The third-order valence-corrected chi connectivity index (χ3v) is 5.33. The zero-order valence-electron chi connectivity index (χ0n) is 15.0. The van der Waals surface area contributed by atoms with E-state index in [0.29, 0.717) is 0 Å². The van der Waals surface area contributed by atoms with E-state index in [1.807, 2.05) is 0 Å². The molecule has 0 amide bonds. The Labute approximate surface area is 160 Å². The first-order chi connectivity index (χ1) is 13.3. The van der Waals surface area contributed by atoms with Crippen LogP contribution in [0, 0.1) is 11.8 Å². The molecule has 11 heteroatoms. The van der Waals surface area contributed by atoms with Crippen LogP contribution in [-0.2, 0) is 23.7 Å².